The molecule has 424 valence electrons. The van der Waals surface area contributed by atoms with Crippen molar-refractivity contribution in [3.8, 4) is 0 Å². The third-order valence-electron chi connectivity index (χ3n) is 12.1. The Morgan fingerprint density at radius 3 is 1.81 bits per heavy atom. The number of aliphatic hydroxyl groups is 4. The molecule has 0 amide bonds. The summed E-state index contributed by atoms with van der Waals surface area (Å²) in [5, 5.41) is 41.9. The highest BCUT2D eigenvalue weighted by molar-refractivity contribution is 7.61. The van der Waals surface area contributed by atoms with Crippen LogP contribution in [0.2, 0.25) is 0 Å². The second kappa shape index (κ2) is 39.1. The van der Waals surface area contributed by atoms with Gasteiger partial charge in [0.2, 0.25) is 0 Å². The highest BCUT2D eigenvalue weighted by Crippen LogP contribution is 2.60. The minimum absolute atomic E-state index is 0.0317. The van der Waals surface area contributed by atoms with Crippen molar-refractivity contribution in [1.82, 2.24) is 9.55 Å². The summed E-state index contributed by atoms with van der Waals surface area (Å²) in [6.07, 6.45) is 27.8. The third-order valence-corrected chi connectivity index (χ3v) is 14.7. The molecule has 2 heterocycles. The standard InChI is InChI=1S/C52H89N3O17P2/c1-4-5-6-7-8-9-10-16-19-22-25-28-32-43(56)44(57)33-30-35-48(59)70-42(38-67-47(58)34-29-26-23-20-17-14-12-11-13-15-18-21-24-27-31-41(2)3)39-68-73(63,64)72-74(65,66)69-40-45-49(60)50(61)51(71-45)55-37-36-46(53)54-52(55)62/h5-6,8-9,16,19,25,28,36-37,41-45,49-51,56-57,60-61H,4,7,10-15,17-18,20-24,26-27,29-35,38-40H2,1-3H3,(H,63,64)(H,65,66)(H2,53,54,62)/b6-5-,9-8-,19-16-,28-25-/t42-,43-,44-,45-,49-,50-,51-/m1/s1. The number of carbonyl (C=O) groups is 2. The number of ether oxygens (including phenoxy) is 3. The average molecular weight is 1090 g/mol. The van der Waals surface area contributed by atoms with Gasteiger partial charge in [-0.25, -0.2) is 13.9 Å². The van der Waals surface area contributed by atoms with Gasteiger partial charge in [-0.2, -0.15) is 9.29 Å². The summed E-state index contributed by atoms with van der Waals surface area (Å²) in [5.41, 5.74) is 4.56. The molecule has 0 aromatic carbocycles. The number of hydrogen-bond donors (Lipinski definition) is 7. The molecule has 1 aliphatic heterocycles. The molecule has 0 spiro atoms. The number of nitrogen functional groups attached to an aromatic ring is 1. The van der Waals surface area contributed by atoms with E-state index in [0.717, 1.165) is 61.6 Å². The van der Waals surface area contributed by atoms with E-state index in [-0.39, 0.29) is 37.9 Å². The Hall–Kier alpha value is -3.36. The molecule has 0 saturated carbocycles. The van der Waals surface area contributed by atoms with Gasteiger partial charge in [0.1, 0.15) is 30.7 Å². The predicted octanol–water partition coefficient (Wildman–Crippen LogP) is 9.14. The molecule has 1 fully saturated rings. The van der Waals surface area contributed by atoms with Crippen LogP contribution in [0, 0.1) is 5.92 Å². The second-order valence-corrected chi connectivity index (χ2v) is 22.2. The molecule has 2 unspecified atom stereocenters. The number of aromatic nitrogens is 2. The van der Waals surface area contributed by atoms with Crippen molar-refractivity contribution in [1.29, 1.82) is 0 Å². The Bertz CT molecular complexity index is 1980. The Labute approximate surface area is 438 Å². The molecule has 0 bridgehead atoms. The molecule has 1 aromatic heterocycles. The first-order valence-electron chi connectivity index (χ1n) is 26.7. The molecule has 0 aliphatic carbocycles. The number of aliphatic hydroxyl groups excluding tert-OH is 4. The fourth-order valence-electron chi connectivity index (χ4n) is 7.82. The zero-order valence-electron chi connectivity index (χ0n) is 44.0. The van der Waals surface area contributed by atoms with Crippen LogP contribution in [-0.4, -0.2) is 108 Å². The fourth-order valence-corrected chi connectivity index (χ4v) is 9.93. The molecule has 2 rings (SSSR count). The number of phosphoric ester groups is 2. The summed E-state index contributed by atoms with van der Waals surface area (Å²) in [6, 6.07) is 1.23. The lowest BCUT2D eigenvalue weighted by Crippen LogP contribution is -2.36. The first kappa shape index (κ1) is 66.8. The number of unbranched alkanes of at least 4 members (excludes halogenated alkanes) is 13. The van der Waals surface area contributed by atoms with Crippen LogP contribution in [0.15, 0.2) is 65.7 Å². The summed E-state index contributed by atoms with van der Waals surface area (Å²) in [5.74, 6) is -0.813. The molecule has 1 aliphatic rings. The maximum atomic E-state index is 12.9. The van der Waals surface area contributed by atoms with E-state index in [1.54, 1.807) is 6.08 Å². The van der Waals surface area contributed by atoms with Crippen LogP contribution in [0.1, 0.15) is 181 Å². The van der Waals surface area contributed by atoms with Gasteiger partial charge in [-0.05, 0) is 63.4 Å². The van der Waals surface area contributed by atoms with E-state index in [2.05, 4.69) is 54.4 Å². The summed E-state index contributed by atoms with van der Waals surface area (Å²) in [7, 11) is -11.0. The highest BCUT2D eigenvalue weighted by atomic mass is 31.3. The van der Waals surface area contributed by atoms with E-state index in [1.165, 1.54) is 70.3 Å². The van der Waals surface area contributed by atoms with Crippen molar-refractivity contribution in [3.05, 3.63) is 71.4 Å². The van der Waals surface area contributed by atoms with Crippen molar-refractivity contribution in [2.45, 2.75) is 218 Å². The zero-order valence-corrected chi connectivity index (χ0v) is 45.8. The van der Waals surface area contributed by atoms with Crippen LogP contribution < -0.4 is 11.4 Å². The van der Waals surface area contributed by atoms with Crippen LogP contribution in [-0.2, 0) is 46.3 Å². The van der Waals surface area contributed by atoms with Crippen molar-refractivity contribution >= 4 is 33.4 Å². The fraction of sp³-hybridized carbons (Fsp3) is 0.731. The number of nitrogens with two attached hydrogens (primary N) is 1. The van der Waals surface area contributed by atoms with Gasteiger partial charge in [-0.3, -0.25) is 23.2 Å². The molecule has 74 heavy (non-hydrogen) atoms. The van der Waals surface area contributed by atoms with Crippen LogP contribution in [0.25, 0.3) is 0 Å². The van der Waals surface area contributed by atoms with Crippen molar-refractivity contribution in [2.75, 3.05) is 25.6 Å². The topological polar surface area (TPSA) is 306 Å². The maximum Gasteiger partial charge on any atom is 0.481 e. The van der Waals surface area contributed by atoms with Crippen molar-refractivity contribution in [2.24, 2.45) is 5.92 Å². The van der Waals surface area contributed by atoms with Gasteiger partial charge < -0.3 is 50.2 Å². The number of esters is 2. The molecule has 9 atom stereocenters. The second-order valence-electron chi connectivity index (χ2n) is 19.1. The first-order valence-corrected chi connectivity index (χ1v) is 29.7. The van der Waals surface area contributed by atoms with Gasteiger partial charge in [0.15, 0.2) is 12.3 Å². The van der Waals surface area contributed by atoms with Gasteiger partial charge in [0, 0.05) is 19.0 Å². The largest absolute Gasteiger partial charge is 0.481 e. The van der Waals surface area contributed by atoms with E-state index in [9.17, 15) is 53.7 Å². The minimum atomic E-state index is -5.50. The number of carbonyl (C=O) groups excluding carboxylic acids is 2. The highest BCUT2D eigenvalue weighted by Gasteiger charge is 2.46. The Kier molecular flexibility index (Phi) is 35.2. The van der Waals surface area contributed by atoms with Crippen molar-refractivity contribution in [3.63, 3.8) is 0 Å². The minimum Gasteiger partial charge on any atom is -0.462 e. The molecule has 8 N–H and O–H groups in total. The summed E-state index contributed by atoms with van der Waals surface area (Å²) in [4.78, 5) is 62.1. The van der Waals surface area contributed by atoms with E-state index >= 15 is 0 Å². The molecule has 22 heteroatoms. The number of phosphoric acid groups is 2. The molecular formula is C52H89N3O17P2. The smallest absolute Gasteiger partial charge is 0.462 e. The normalized spacial score (nSPS) is 20.2. The average Bonchev–Trinajstić information content (AvgIpc) is 3.62. The lowest BCUT2D eigenvalue weighted by molar-refractivity contribution is -0.161. The molecule has 0 radical (unpaired) electrons. The number of anilines is 1. The molecular weight excluding hydrogens is 1000 g/mol. The SMILES string of the molecule is CC/C=C\C/C=C\C/C=C\C/C=C\C[C@@H](O)[C@H](O)CCCC(=O)O[C@H](COC(=O)CCCCCCCCCCCCCCCCC(C)C)COP(=O)(O)OP(=O)(O)OC[C@H]1O[C@@H](n2ccc(N)nc2=O)[C@H](O)[C@@H]1O. The Balaban J connectivity index is 1.85. The van der Waals surface area contributed by atoms with Crippen LogP contribution in [0.5, 0.6) is 0 Å². The van der Waals surface area contributed by atoms with Crippen LogP contribution >= 0.6 is 15.6 Å². The van der Waals surface area contributed by atoms with Gasteiger partial charge in [0.05, 0.1) is 25.4 Å². The number of nitrogens with zero attached hydrogens (tertiary/aromatic N) is 2. The van der Waals surface area contributed by atoms with E-state index in [4.69, 9.17) is 29.0 Å². The number of hydrogen-bond acceptors (Lipinski definition) is 17. The summed E-state index contributed by atoms with van der Waals surface area (Å²) >= 11 is 0. The maximum absolute atomic E-state index is 12.9. The van der Waals surface area contributed by atoms with E-state index in [1.807, 2.05) is 18.2 Å². The van der Waals surface area contributed by atoms with Gasteiger partial charge in [-0.15, -0.1) is 0 Å². The zero-order chi connectivity index (χ0) is 54.6. The first-order chi connectivity index (χ1) is 35.3. The Morgan fingerprint density at radius 1 is 0.716 bits per heavy atom. The quantitative estimate of drug-likeness (QED) is 0.0139. The summed E-state index contributed by atoms with van der Waals surface area (Å²) < 4.78 is 56.6. The summed E-state index contributed by atoms with van der Waals surface area (Å²) in [6.45, 7) is 4.09. The van der Waals surface area contributed by atoms with E-state index in [0.29, 0.717) is 12.8 Å². The van der Waals surface area contributed by atoms with Crippen LogP contribution in [0.4, 0.5) is 5.82 Å². The monoisotopic (exact) mass is 1090 g/mol. The van der Waals surface area contributed by atoms with Crippen LogP contribution in [0.3, 0.4) is 0 Å². The molecule has 20 nitrogen and oxygen atoms in total. The molecule has 1 saturated heterocycles. The van der Waals surface area contributed by atoms with Gasteiger partial charge in [0.25, 0.3) is 0 Å². The predicted molar refractivity (Wildman–Crippen MR) is 282 cm³/mol. The van der Waals surface area contributed by atoms with Crippen molar-refractivity contribution < 1.29 is 76.5 Å². The lowest BCUT2D eigenvalue weighted by Gasteiger charge is -2.22. The number of rotatable bonds is 43. The van der Waals surface area contributed by atoms with Gasteiger partial charge >= 0.3 is 33.3 Å². The number of allylic oxidation sites excluding steroid dienone is 7. The van der Waals surface area contributed by atoms with E-state index < -0.39 is 95.9 Å². The lowest BCUT2D eigenvalue weighted by atomic mass is 10.0. The van der Waals surface area contributed by atoms with Gasteiger partial charge in [-0.1, -0.05) is 159 Å². The third kappa shape index (κ3) is 31.6. The Morgan fingerprint density at radius 2 is 1.24 bits per heavy atom. The molecule has 1 aromatic rings.